The van der Waals surface area contributed by atoms with Crippen molar-refractivity contribution in [2.24, 2.45) is 0 Å². The maximum Gasteiger partial charge on any atom is 0.314 e. The summed E-state index contributed by atoms with van der Waals surface area (Å²) < 4.78 is 99.7. The van der Waals surface area contributed by atoms with Crippen LogP contribution in [0.25, 0.3) is 0 Å². The van der Waals surface area contributed by atoms with Crippen LogP contribution in [-0.4, -0.2) is 139 Å². The van der Waals surface area contributed by atoms with Crippen LogP contribution in [0.3, 0.4) is 0 Å². The first kappa shape index (κ1) is 64.9. The Morgan fingerprint density at radius 1 is 0.194 bits per heavy atom. The van der Waals surface area contributed by atoms with E-state index >= 15 is 0 Å². The SMILES string of the molecule is C[SiH](O[SiH](C)O[Si](C)(C)C)O[SiH](C)O[Si](C)(C)O[Si](C)(C)O[Si](C)(C)O[Si](C)(C)O[Si](C)(C)O[Si](C)(C)O[Si](C)(C)O[Si](C)(C)O[Si](C)(C)O[Si](C)(C)O[Si](C)(C)O[Si](C)(C)C. The van der Waals surface area contributed by atoms with Crippen LogP contribution in [-0.2, 0) is 61.7 Å². The van der Waals surface area contributed by atoms with Gasteiger partial charge in [0.2, 0.25) is 0 Å². The van der Waals surface area contributed by atoms with E-state index in [4.69, 9.17) is 61.7 Å². The Bertz CT molecular complexity index is 1390. The number of hydrogen-bond donors (Lipinski definition) is 0. The van der Waals surface area contributed by atoms with Gasteiger partial charge in [0.05, 0.1) is 0 Å². The van der Waals surface area contributed by atoms with Crippen molar-refractivity contribution >= 4 is 139 Å². The van der Waals surface area contributed by atoms with Gasteiger partial charge in [0.1, 0.15) is 0 Å². The van der Waals surface area contributed by atoms with Crippen LogP contribution in [0.5, 0.6) is 0 Å². The molecule has 0 saturated carbocycles. The maximum absolute atomic E-state index is 6.86. The first-order valence-corrected chi connectivity index (χ1v) is 66.1. The lowest BCUT2D eigenvalue weighted by Crippen LogP contribution is -2.62. The van der Waals surface area contributed by atoms with E-state index in [1.807, 2.05) is 6.55 Å². The van der Waals surface area contributed by atoms with E-state index in [0.717, 1.165) is 0 Å². The Kier molecular flexibility index (Phi) is 24.0. The molecule has 0 aliphatic heterocycles. The summed E-state index contributed by atoms with van der Waals surface area (Å²) in [6.07, 6.45) is 0. The average molecular weight is 1160 g/mol. The Morgan fingerprint density at radius 3 is 0.565 bits per heavy atom. The average Bonchev–Trinajstić information content (AvgIpc) is 2.76. The van der Waals surface area contributed by atoms with Gasteiger partial charge in [-0.3, -0.25) is 0 Å². The van der Waals surface area contributed by atoms with Crippen molar-refractivity contribution in [2.45, 2.75) is 203 Å². The third-order valence-corrected chi connectivity index (χ3v) is 64.8. The monoisotopic (exact) mass is 1160 g/mol. The topological polar surface area (TPSA) is 138 Å². The zero-order valence-corrected chi connectivity index (χ0v) is 61.8. The minimum atomic E-state index is -2.78. The molecule has 0 spiro atoms. The Morgan fingerprint density at radius 2 is 0.371 bits per heavy atom. The molecule has 0 rings (SSSR count). The van der Waals surface area contributed by atoms with Crippen LogP contribution in [0, 0.1) is 0 Å². The molecular formula is C31H96O15Si16. The van der Waals surface area contributed by atoms with Crippen LogP contribution < -0.4 is 0 Å². The van der Waals surface area contributed by atoms with E-state index in [1.165, 1.54) is 0 Å². The lowest BCUT2D eigenvalue weighted by atomic mass is 11.8. The molecule has 0 fully saturated rings. The Labute approximate surface area is 400 Å². The van der Waals surface area contributed by atoms with Gasteiger partial charge in [-0.1, -0.05) is 0 Å². The molecule has 0 bridgehead atoms. The van der Waals surface area contributed by atoms with Crippen molar-refractivity contribution in [1.29, 1.82) is 0 Å². The van der Waals surface area contributed by atoms with Crippen molar-refractivity contribution in [3.63, 3.8) is 0 Å². The van der Waals surface area contributed by atoms with Crippen molar-refractivity contribution in [3.8, 4) is 0 Å². The number of hydrogen-bond acceptors (Lipinski definition) is 15. The highest BCUT2D eigenvalue weighted by Gasteiger charge is 2.51. The van der Waals surface area contributed by atoms with Gasteiger partial charge in [-0.2, -0.15) is 0 Å². The molecule has 0 amide bonds. The van der Waals surface area contributed by atoms with E-state index in [9.17, 15) is 0 Å². The third-order valence-electron chi connectivity index (χ3n) is 7.20. The smallest absolute Gasteiger partial charge is 0.314 e. The summed E-state index contributed by atoms with van der Waals surface area (Å²) in [6.45, 7) is 64.8. The molecule has 0 aromatic heterocycles. The molecule has 3 atom stereocenters. The highest BCUT2D eigenvalue weighted by molar-refractivity contribution is 6.94. The second kappa shape index (κ2) is 23.0. The van der Waals surface area contributed by atoms with Crippen molar-refractivity contribution < 1.29 is 61.7 Å². The Balaban J connectivity index is 5.55. The summed E-state index contributed by atoms with van der Waals surface area (Å²) in [5.41, 5.74) is 0. The van der Waals surface area contributed by atoms with E-state index in [1.54, 1.807) is 0 Å². The summed E-state index contributed by atoms with van der Waals surface area (Å²) in [6, 6.07) is 0. The molecule has 0 aliphatic carbocycles. The predicted octanol–water partition coefficient (Wildman–Crippen LogP) is 10.2. The summed E-state index contributed by atoms with van der Waals surface area (Å²) in [7, 11) is -38.6. The van der Waals surface area contributed by atoms with Gasteiger partial charge in [0.25, 0.3) is 27.9 Å². The van der Waals surface area contributed by atoms with Gasteiger partial charge in [0.15, 0.2) is 16.6 Å². The predicted molar refractivity (Wildman–Crippen MR) is 294 cm³/mol. The fourth-order valence-electron chi connectivity index (χ4n) is 8.41. The molecule has 0 saturated heterocycles. The molecule has 0 aromatic carbocycles. The highest BCUT2D eigenvalue weighted by atomic mass is 28.5. The molecule has 31 heteroatoms. The molecule has 374 valence electrons. The summed E-state index contributed by atoms with van der Waals surface area (Å²) >= 11 is 0. The fraction of sp³-hybridized carbons (Fsp3) is 1.00. The van der Waals surface area contributed by atoms with E-state index < -0.39 is 139 Å². The lowest BCUT2D eigenvalue weighted by molar-refractivity contribution is 0.252. The van der Waals surface area contributed by atoms with Gasteiger partial charge in [0, 0.05) is 0 Å². The van der Waals surface area contributed by atoms with Crippen LogP contribution in [0.4, 0.5) is 0 Å². The van der Waals surface area contributed by atoms with Gasteiger partial charge < -0.3 is 61.7 Å². The van der Waals surface area contributed by atoms with Crippen LogP contribution >= 0.6 is 0 Å². The largest absolute Gasteiger partial charge is 0.439 e. The second-order valence-electron chi connectivity index (χ2n) is 23.0. The minimum absolute atomic E-state index is 1.65. The van der Waals surface area contributed by atoms with Gasteiger partial charge in [-0.15, -0.1) is 0 Å². The summed E-state index contributed by atoms with van der Waals surface area (Å²) in [4.78, 5) is 0. The number of rotatable bonds is 30. The van der Waals surface area contributed by atoms with Gasteiger partial charge >= 0.3 is 94.2 Å². The molecule has 0 aromatic rings. The molecule has 0 radical (unpaired) electrons. The zero-order chi connectivity index (χ0) is 49.8. The quantitative estimate of drug-likeness (QED) is 0.0630. The minimum Gasteiger partial charge on any atom is -0.439 e. The van der Waals surface area contributed by atoms with Crippen molar-refractivity contribution in [1.82, 2.24) is 0 Å². The molecule has 0 N–H and O–H groups in total. The molecule has 62 heavy (non-hydrogen) atoms. The first-order chi connectivity index (χ1) is 26.7. The fourth-order valence-corrected chi connectivity index (χ4v) is 81.5. The third kappa shape index (κ3) is 31.9. The molecule has 15 nitrogen and oxygen atoms in total. The van der Waals surface area contributed by atoms with Crippen LogP contribution in [0.15, 0.2) is 0 Å². The van der Waals surface area contributed by atoms with E-state index in [-0.39, 0.29) is 0 Å². The van der Waals surface area contributed by atoms with E-state index in [0.29, 0.717) is 0 Å². The second-order valence-corrected chi connectivity index (χ2v) is 78.7. The molecular weight excluding hydrogens is 1060 g/mol. The van der Waals surface area contributed by atoms with Crippen LogP contribution in [0.1, 0.15) is 0 Å². The Hall–Kier alpha value is 2.87. The lowest BCUT2D eigenvalue weighted by Gasteiger charge is -2.45. The summed E-state index contributed by atoms with van der Waals surface area (Å²) in [5.74, 6) is 0. The van der Waals surface area contributed by atoms with Crippen molar-refractivity contribution in [2.75, 3.05) is 0 Å². The molecule has 0 heterocycles. The van der Waals surface area contributed by atoms with Crippen molar-refractivity contribution in [3.05, 3.63) is 0 Å². The van der Waals surface area contributed by atoms with Crippen LogP contribution in [0.2, 0.25) is 203 Å². The maximum atomic E-state index is 6.86. The first-order valence-electron chi connectivity index (χ1n) is 22.0. The zero-order valence-electron chi connectivity index (χ0n) is 45.4. The summed E-state index contributed by atoms with van der Waals surface area (Å²) in [5, 5.41) is 0. The standard InChI is InChI=1S/C31H96O15Si16/c1-47(32-48(2)34-50(4,5)6)33-49(3)35-52(10,11)37-54(14,15)39-56(18,19)41-58(22,23)43-60(26,27)45-62(30,31)46-61(28,29)44-59(24,25)42-57(20,21)40-55(16,17)38-53(12,13)36-51(7,8)9/h47-49H,1-31H3. The molecule has 3 unspecified atom stereocenters. The van der Waals surface area contributed by atoms with E-state index in [2.05, 4.69) is 196 Å². The van der Waals surface area contributed by atoms with Gasteiger partial charge in [-0.25, -0.2) is 0 Å². The molecule has 0 aliphatic rings. The normalized spacial score (nSPS) is 17.1. The highest BCUT2D eigenvalue weighted by Crippen LogP contribution is 2.32. The van der Waals surface area contributed by atoms with Gasteiger partial charge in [-0.05, 0) is 203 Å².